The molecule has 31 heavy (non-hydrogen) atoms. The Bertz CT molecular complexity index is 1150. The number of hydrogen-bond acceptors (Lipinski definition) is 5. The molecule has 3 aromatic rings. The Morgan fingerprint density at radius 2 is 1.55 bits per heavy atom. The van der Waals surface area contributed by atoms with Crippen LogP contribution in [0.4, 0.5) is 4.39 Å². The molecule has 158 valence electrons. The summed E-state index contributed by atoms with van der Waals surface area (Å²) in [6.45, 7) is 1.78. The van der Waals surface area contributed by atoms with Gasteiger partial charge in [0.1, 0.15) is 11.6 Å². The molecule has 3 aromatic carbocycles. The van der Waals surface area contributed by atoms with Crippen molar-refractivity contribution in [2.24, 2.45) is 0 Å². The highest BCUT2D eigenvalue weighted by molar-refractivity contribution is 6.09. The van der Waals surface area contributed by atoms with Gasteiger partial charge in [0.2, 0.25) is 0 Å². The third-order valence-corrected chi connectivity index (χ3v) is 4.61. The maximum absolute atomic E-state index is 13.8. The molecule has 0 fully saturated rings. The van der Waals surface area contributed by atoms with Crippen LogP contribution in [-0.2, 0) is 0 Å². The minimum atomic E-state index is -0.623. The fourth-order valence-corrected chi connectivity index (χ4v) is 2.96. The molecular formula is C25H21FO5. The molecule has 0 aliphatic rings. The number of benzene rings is 3. The van der Waals surface area contributed by atoms with Gasteiger partial charge in [-0.1, -0.05) is 30.3 Å². The fraction of sp³-hybridized carbons (Fsp3) is 0.120. The summed E-state index contributed by atoms with van der Waals surface area (Å²) in [6, 6.07) is 15.5. The van der Waals surface area contributed by atoms with Crippen LogP contribution in [0.15, 0.2) is 66.7 Å². The Balaban J connectivity index is 1.86. The van der Waals surface area contributed by atoms with E-state index >= 15 is 0 Å². The van der Waals surface area contributed by atoms with E-state index in [9.17, 15) is 14.0 Å². The van der Waals surface area contributed by atoms with Crippen LogP contribution >= 0.6 is 0 Å². The van der Waals surface area contributed by atoms with Gasteiger partial charge >= 0.3 is 5.97 Å². The monoisotopic (exact) mass is 420 g/mol. The molecule has 0 atom stereocenters. The summed E-state index contributed by atoms with van der Waals surface area (Å²) in [4.78, 5) is 25.3. The normalized spacial score (nSPS) is 10.7. The van der Waals surface area contributed by atoms with Crippen LogP contribution < -0.4 is 14.2 Å². The van der Waals surface area contributed by atoms with Gasteiger partial charge in [-0.3, -0.25) is 4.79 Å². The molecule has 0 amide bonds. The first-order valence-electron chi connectivity index (χ1n) is 9.44. The molecule has 0 aromatic heterocycles. The number of esters is 1. The van der Waals surface area contributed by atoms with Gasteiger partial charge in [-0.05, 0) is 60.5 Å². The second kappa shape index (κ2) is 9.71. The highest BCUT2D eigenvalue weighted by Crippen LogP contribution is 2.28. The highest BCUT2D eigenvalue weighted by Gasteiger charge is 2.17. The Morgan fingerprint density at radius 3 is 2.26 bits per heavy atom. The van der Waals surface area contributed by atoms with Gasteiger partial charge in [0.25, 0.3) is 0 Å². The summed E-state index contributed by atoms with van der Waals surface area (Å²) < 4.78 is 29.7. The molecular weight excluding hydrogens is 399 g/mol. The van der Waals surface area contributed by atoms with Gasteiger partial charge in [0.05, 0.1) is 25.3 Å². The predicted octanol–water partition coefficient (Wildman–Crippen LogP) is 5.27. The third-order valence-electron chi connectivity index (χ3n) is 4.61. The molecule has 0 bridgehead atoms. The first-order chi connectivity index (χ1) is 14.9. The standard InChI is InChI=1S/C25H21FO5/c1-16-6-4-5-7-19(16)25(28)31-22-13-10-18(26)15-20(22)21(27)11-8-17-9-12-23(29-2)24(14-17)30-3/h4-15H,1-3H3. The Labute approximate surface area is 179 Å². The summed E-state index contributed by atoms with van der Waals surface area (Å²) in [5, 5.41) is 0. The lowest BCUT2D eigenvalue weighted by Gasteiger charge is -2.10. The van der Waals surface area contributed by atoms with Crippen LogP contribution in [0.3, 0.4) is 0 Å². The van der Waals surface area contributed by atoms with E-state index in [4.69, 9.17) is 14.2 Å². The second-order valence-corrected chi connectivity index (χ2v) is 6.66. The molecule has 0 radical (unpaired) electrons. The zero-order valence-electron chi connectivity index (χ0n) is 17.3. The molecule has 0 aliphatic carbocycles. The zero-order chi connectivity index (χ0) is 22.4. The van der Waals surface area contributed by atoms with Gasteiger partial charge in [-0.15, -0.1) is 0 Å². The molecule has 0 unspecified atom stereocenters. The van der Waals surface area contributed by atoms with Crippen molar-refractivity contribution in [2.75, 3.05) is 14.2 Å². The lowest BCUT2D eigenvalue weighted by Crippen LogP contribution is -2.12. The van der Waals surface area contributed by atoms with E-state index in [1.165, 1.54) is 26.4 Å². The maximum Gasteiger partial charge on any atom is 0.343 e. The van der Waals surface area contributed by atoms with Crippen LogP contribution in [0, 0.1) is 12.7 Å². The number of carbonyl (C=O) groups is 2. The average molecular weight is 420 g/mol. The van der Waals surface area contributed by atoms with Crippen molar-refractivity contribution in [3.8, 4) is 17.2 Å². The van der Waals surface area contributed by atoms with Crippen molar-refractivity contribution in [2.45, 2.75) is 6.92 Å². The van der Waals surface area contributed by atoms with Gasteiger partial charge in [0, 0.05) is 0 Å². The van der Waals surface area contributed by atoms with E-state index in [0.717, 1.165) is 17.7 Å². The smallest absolute Gasteiger partial charge is 0.343 e. The molecule has 6 heteroatoms. The van der Waals surface area contributed by atoms with E-state index in [1.807, 2.05) is 0 Å². The number of carbonyl (C=O) groups excluding carboxylic acids is 2. The van der Waals surface area contributed by atoms with Crippen molar-refractivity contribution < 1.29 is 28.2 Å². The number of hydrogen-bond donors (Lipinski definition) is 0. The topological polar surface area (TPSA) is 61.8 Å². The molecule has 0 aliphatic heterocycles. The van der Waals surface area contributed by atoms with Gasteiger partial charge in [-0.2, -0.15) is 0 Å². The van der Waals surface area contributed by atoms with Crippen molar-refractivity contribution >= 4 is 17.8 Å². The van der Waals surface area contributed by atoms with Crippen molar-refractivity contribution in [3.63, 3.8) is 0 Å². The van der Waals surface area contributed by atoms with Gasteiger partial charge in [0.15, 0.2) is 17.3 Å². The Hall–Kier alpha value is -3.93. The van der Waals surface area contributed by atoms with E-state index in [1.54, 1.807) is 55.5 Å². The maximum atomic E-state index is 13.8. The Kier molecular flexibility index (Phi) is 6.82. The molecule has 5 nitrogen and oxygen atoms in total. The summed E-state index contributed by atoms with van der Waals surface area (Å²) in [5.41, 5.74) is 1.72. The molecule has 0 saturated carbocycles. The SMILES string of the molecule is COc1ccc(C=CC(=O)c2cc(F)ccc2OC(=O)c2ccccc2C)cc1OC. The van der Waals surface area contributed by atoms with Crippen LogP contribution in [0.25, 0.3) is 6.08 Å². The number of allylic oxidation sites excluding steroid dienone is 1. The molecule has 0 heterocycles. The number of halogens is 1. The van der Waals surface area contributed by atoms with Crippen LogP contribution in [0.2, 0.25) is 0 Å². The second-order valence-electron chi connectivity index (χ2n) is 6.66. The minimum Gasteiger partial charge on any atom is -0.493 e. The van der Waals surface area contributed by atoms with Gasteiger partial charge < -0.3 is 14.2 Å². The molecule has 0 saturated heterocycles. The third kappa shape index (κ3) is 5.17. The quantitative estimate of drug-likeness (QED) is 0.226. The highest BCUT2D eigenvalue weighted by atomic mass is 19.1. The van der Waals surface area contributed by atoms with Crippen LogP contribution in [0.1, 0.15) is 31.8 Å². The van der Waals surface area contributed by atoms with Crippen molar-refractivity contribution in [1.29, 1.82) is 0 Å². The molecule has 3 rings (SSSR count). The molecule has 0 spiro atoms. The van der Waals surface area contributed by atoms with Crippen LogP contribution in [0.5, 0.6) is 17.2 Å². The largest absolute Gasteiger partial charge is 0.493 e. The fourth-order valence-electron chi connectivity index (χ4n) is 2.96. The number of rotatable bonds is 7. The van der Waals surface area contributed by atoms with E-state index in [-0.39, 0.29) is 11.3 Å². The summed E-state index contributed by atoms with van der Waals surface area (Å²) in [5.74, 6) is -0.697. The Morgan fingerprint density at radius 1 is 0.839 bits per heavy atom. The van der Waals surface area contributed by atoms with Crippen LogP contribution in [-0.4, -0.2) is 26.0 Å². The number of ether oxygens (including phenoxy) is 3. The summed E-state index contributed by atoms with van der Waals surface area (Å²) in [7, 11) is 3.04. The number of methoxy groups -OCH3 is 2. The van der Waals surface area contributed by atoms with Gasteiger partial charge in [-0.25, -0.2) is 9.18 Å². The van der Waals surface area contributed by atoms with E-state index in [2.05, 4.69) is 0 Å². The molecule has 0 N–H and O–H groups in total. The van der Waals surface area contributed by atoms with E-state index in [0.29, 0.717) is 22.6 Å². The van der Waals surface area contributed by atoms with E-state index < -0.39 is 17.6 Å². The number of aryl methyl sites for hydroxylation is 1. The average Bonchev–Trinajstić information content (AvgIpc) is 2.78. The summed E-state index contributed by atoms with van der Waals surface area (Å²) in [6.07, 6.45) is 2.84. The van der Waals surface area contributed by atoms with Crippen molar-refractivity contribution in [3.05, 3.63) is 94.8 Å². The predicted molar refractivity (Wildman–Crippen MR) is 115 cm³/mol. The lowest BCUT2D eigenvalue weighted by atomic mass is 10.1. The lowest BCUT2D eigenvalue weighted by molar-refractivity contribution is 0.0732. The first-order valence-corrected chi connectivity index (χ1v) is 9.44. The van der Waals surface area contributed by atoms with Crippen molar-refractivity contribution in [1.82, 2.24) is 0 Å². The minimum absolute atomic E-state index is 0.0170. The summed E-state index contributed by atoms with van der Waals surface area (Å²) >= 11 is 0. The first kappa shape index (κ1) is 21.8. The zero-order valence-corrected chi connectivity index (χ0v) is 17.3. The number of ketones is 1.